The third-order valence-corrected chi connectivity index (χ3v) is 6.87. The normalized spacial score (nSPS) is 19.4. The summed E-state index contributed by atoms with van der Waals surface area (Å²) in [6.45, 7) is 4.23. The van der Waals surface area contributed by atoms with Gasteiger partial charge >= 0.3 is 12.1 Å². The van der Waals surface area contributed by atoms with Crippen molar-refractivity contribution < 1.29 is 22.8 Å². The Morgan fingerprint density at radius 1 is 0.941 bits per heavy atom. The van der Waals surface area contributed by atoms with Crippen molar-refractivity contribution in [3.63, 3.8) is 0 Å². The van der Waals surface area contributed by atoms with Gasteiger partial charge in [-0.05, 0) is 37.1 Å². The van der Waals surface area contributed by atoms with Crippen molar-refractivity contribution in [1.29, 1.82) is 0 Å². The van der Waals surface area contributed by atoms with Crippen LogP contribution in [0.2, 0.25) is 5.02 Å². The molecule has 2 saturated heterocycles. The lowest BCUT2D eigenvalue weighted by atomic mass is 10.1. The SMILES string of the molecule is O=C1C(=O)N(CN2CCN(c3ncc(C(F)(F)F)cc3Cl)CC2)c2cc(N3CCCC3)ccc21. The lowest BCUT2D eigenvalue weighted by Crippen LogP contribution is -2.51. The van der Waals surface area contributed by atoms with E-state index in [1.807, 2.05) is 21.9 Å². The summed E-state index contributed by atoms with van der Waals surface area (Å²) < 4.78 is 38.7. The summed E-state index contributed by atoms with van der Waals surface area (Å²) in [5.41, 5.74) is 1.18. The van der Waals surface area contributed by atoms with Gasteiger partial charge in [0.25, 0.3) is 5.78 Å². The predicted octanol–water partition coefficient (Wildman–Crippen LogP) is 3.66. The topological polar surface area (TPSA) is 60.0 Å². The molecule has 3 aliphatic heterocycles. The fourth-order valence-electron chi connectivity index (χ4n) is 4.71. The first kappa shape index (κ1) is 22.9. The Morgan fingerprint density at radius 2 is 1.65 bits per heavy atom. The molecule has 0 bridgehead atoms. The molecule has 7 nitrogen and oxygen atoms in total. The number of fused-ring (bicyclic) bond motifs is 1. The molecule has 0 unspecified atom stereocenters. The summed E-state index contributed by atoms with van der Waals surface area (Å²) >= 11 is 6.09. The number of aromatic nitrogens is 1. The van der Waals surface area contributed by atoms with Crippen molar-refractivity contribution in [3.05, 3.63) is 46.6 Å². The van der Waals surface area contributed by atoms with E-state index < -0.39 is 23.4 Å². The molecule has 0 atom stereocenters. The maximum Gasteiger partial charge on any atom is 0.417 e. The van der Waals surface area contributed by atoms with Crippen molar-refractivity contribution in [1.82, 2.24) is 9.88 Å². The molecule has 180 valence electrons. The minimum absolute atomic E-state index is 0.0491. The smallest absolute Gasteiger partial charge is 0.371 e. The first-order chi connectivity index (χ1) is 16.2. The largest absolute Gasteiger partial charge is 0.417 e. The Balaban J connectivity index is 1.27. The van der Waals surface area contributed by atoms with Crippen LogP contribution in [-0.2, 0) is 11.0 Å². The van der Waals surface area contributed by atoms with E-state index in [4.69, 9.17) is 11.6 Å². The van der Waals surface area contributed by atoms with E-state index in [9.17, 15) is 22.8 Å². The molecule has 1 aromatic heterocycles. The van der Waals surface area contributed by atoms with Crippen molar-refractivity contribution in [2.45, 2.75) is 19.0 Å². The van der Waals surface area contributed by atoms with Crippen molar-refractivity contribution in [2.24, 2.45) is 0 Å². The molecule has 1 amide bonds. The first-order valence-electron chi connectivity index (χ1n) is 11.2. The highest BCUT2D eigenvalue weighted by Gasteiger charge is 2.38. The molecule has 3 aliphatic rings. The number of benzene rings is 1. The van der Waals surface area contributed by atoms with E-state index in [1.165, 1.54) is 4.90 Å². The van der Waals surface area contributed by atoms with Gasteiger partial charge in [0.2, 0.25) is 0 Å². The highest BCUT2D eigenvalue weighted by molar-refractivity contribution is 6.52. The average Bonchev–Trinajstić information content (AvgIpc) is 3.43. The number of Topliss-reactive ketones (excluding diaryl/α,β-unsaturated/α-hetero) is 1. The van der Waals surface area contributed by atoms with E-state index >= 15 is 0 Å². The van der Waals surface area contributed by atoms with Crippen LogP contribution in [0.15, 0.2) is 30.5 Å². The molecule has 11 heteroatoms. The van der Waals surface area contributed by atoms with Crippen molar-refractivity contribution >= 4 is 40.5 Å². The zero-order valence-corrected chi connectivity index (χ0v) is 19.1. The quantitative estimate of drug-likeness (QED) is 0.606. The van der Waals surface area contributed by atoms with Gasteiger partial charge in [-0.25, -0.2) is 4.98 Å². The third kappa shape index (κ3) is 4.20. The molecule has 0 saturated carbocycles. The molecule has 0 N–H and O–H groups in total. The Kier molecular flexibility index (Phi) is 5.89. The Hall–Kier alpha value is -2.85. The maximum absolute atomic E-state index is 12.9. The van der Waals surface area contributed by atoms with Gasteiger partial charge in [-0.3, -0.25) is 19.4 Å². The first-order valence-corrected chi connectivity index (χ1v) is 11.6. The lowest BCUT2D eigenvalue weighted by Gasteiger charge is -2.37. The monoisotopic (exact) mass is 493 g/mol. The van der Waals surface area contributed by atoms with Crippen LogP contribution in [0.25, 0.3) is 0 Å². The summed E-state index contributed by atoms with van der Waals surface area (Å²) in [4.78, 5) is 36.8. The van der Waals surface area contributed by atoms with Gasteiger partial charge in [-0.2, -0.15) is 13.2 Å². The summed E-state index contributed by atoms with van der Waals surface area (Å²) in [5.74, 6) is -0.729. The molecule has 0 aliphatic carbocycles. The number of amides is 1. The second-order valence-electron chi connectivity index (χ2n) is 8.73. The average molecular weight is 494 g/mol. The summed E-state index contributed by atoms with van der Waals surface area (Å²) in [6.07, 6.45) is -1.46. The lowest BCUT2D eigenvalue weighted by molar-refractivity contribution is -0.137. The Morgan fingerprint density at radius 3 is 2.29 bits per heavy atom. The van der Waals surface area contributed by atoms with E-state index in [0.29, 0.717) is 43.2 Å². The summed E-state index contributed by atoms with van der Waals surface area (Å²) in [5, 5.41) is -0.0491. The number of alkyl halides is 3. The molecule has 2 fully saturated rings. The van der Waals surface area contributed by atoms with Crippen LogP contribution >= 0.6 is 11.6 Å². The fraction of sp³-hybridized carbons (Fsp3) is 0.435. The highest BCUT2D eigenvalue weighted by Crippen LogP contribution is 2.35. The number of hydrogen-bond donors (Lipinski definition) is 0. The van der Waals surface area contributed by atoms with Gasteiger partial charge in [-0.1, -0.05) is 11.6 Å². The van der Waals surface area contributed by atoms with Gasteiger partial charge < -0.3 is 9.80 Å². The van der Waals surface area contributed by atoms with Gasteiger partial charge in [-0.15, -0.1) is 0 Å². The Labute approximate surface area is 199 Å². The van der Waals surface area contributed by atoms with Crippen LogP contribution in [0.1, 0.15) is 28.8 Å². The van der Waals surface area contributed by atoms with Gasteiger partial charge in [0.05, 0.1) is 28.5 Å². The number of nitrogens with zero attached hydrogens (tertiary/aromatic N) is 5. The van der Waals surface area contributed by atoms with Gasteiger partial charge in [0.15, 0.2) is 0 Å². The van der Waals surface area contributed by atoms with Crippen LogP contribution in [0.5, 0.6) is 0 Å². The van der Waals surface area contributed by atoms with Crippen molar-refractivity contribution in [3.8, 4) is 0 Å². The summed E-state index contributed by atoms with van der Waals surface area (Å²) in [7, 11) is 0. The van der Waals surface area contributed by atoms with Gasteiger partial charge in [0, 0.05) is 51.2 Å². The Bertz CT molecular complexity index is 1130. The molecule has 4 heterocycles. The third-order valence-electron chi connectivity index (χ3n) is 6.59. The fourth-order valence-corrected chi connectivity index (χ4v) is 5.00. The van der Waals surface area contributed by atoms with Crippen LogP contribution in [-0.4, -0.2) is 67.5 Å². The van der Waals surface area contributed by atoms with Crippen LogP contribution < -0.4 is 14.7 Å². The number of anilines is 3. The van der Waals surface area contributed by atoms with Crippen molar-refractivity contribution in [2.75, 3.05) is 60.6 Å². The molecular weight excluding hydrogens is 471 g/mol. The molecule has 0 spiro atoms. The minimum Gasteiger partial charge on any atom is -0.371 e. The second kappa shape index (κ2) is 8.74. The van der Waals surface area contributed by atoms with E-state index in [2.05, 4.69) is 9.88 Å². The van der Waals surface area contributed by atoms with E-state index in [0.717, 1.165) is 43.9 Å². The van der Waals surface area contributed by atoms with Crippen LogP contribution in [0.3, 0.4) is 0 Å². The molecule has 34 heavy (non-hydrogen) atoms. The second-order valence-corrected chi connectivity index (χ2v) is 9.14. The number of halogens is 4. The van der Waals surface area contributed by atoms with Gasteiger partial charge in [0.1, 0.15) is 5.82 Å². The number of carbonyl (C=O) groups excluding carboxylic acids is 2. The van der Waals surface area contributed by atoms with Crippen LogP contribution in [0.4, 0.5) is 30.4 Å². The summed E-state index contributed by atoms with van der Waals surface area (Å²) in [6, 6.07) is 6.45. The zero-order chi connectivity index (χ0) is 24.0. The van der Waals surface area contributed by atoms with E-state index in [-0.39, 0.29) is 11.7 Å². The number of piperazine rings is 1. The van der Waals surface area contributed by atoms with E-state index in [1.54, 1.807) is 6.07 Å². The molecular formula is C23H23ClF3N5O2. The predicted molar refractivity (Wildman–Crippen MR) is 123 cm³/mol. The molecule has 5 rings (SSSR count). The number of pyridine rings is 1. The van der Waals surface area contributed by atoms with Crippen LogP contribution in [0, 0.1) is 0 Å². The number of carbonyl (C=O) groups is 2. The maximum atomic E-state index is 12.9. The minimum atomic E-state index is -4.50. The number of rotatable bonds is 4. The molecule has 0 radical (unpaired) electrons. The number of hydrogen-bond acceptors (Lipinski definition) is 6. The standard InChI is InChI=1S/C23H23ClF3N5O2/c24-18-11-15(23(25,26)27)13-28-21(18)31-9-7-29(8-10-31)14-32-19-12-16(30-5-1-2-6-30)3-4-17(19)20(33)22(32)34/h3-4,11-13H,1-2,5-10,14H2. The zero-order valence-electron chi connectivity index (χ0n) is 18.3. The number of ketones is 1. The highest BCUT2D eigenvalue weighted by atomic mass is 35.5. The molecule has 1 aromatic carbocycles. The molecule has 2 aromatic rings.